The first-order valence-corrected chi connectivity index (χ1v) is 6.96. The summed E-state index contributed by atoms with van der Waals surface area (Å²) in [5, 5.41) is 5.98. The van der Waals surface area contributed by atoms with Crippen LogP contribution in [0.1, 0.15) is 26.2 Å². The van der Waals surface area contributed by atoms with Gasteiger partial charge in [0.05, 0.1) is 12.6 Å². The second kappa shape index (κ2) is 8.87. The van der Waals surface area contributed by atoms with Gasteiger partial charge in [0.25, 0.3) is 0 Å². The quantitative estimate of drug-likeness (QED) is 0.669. The second-order valence-electron chi connectivity index (χ2n) is 4.86. The lowest BCUT2D eigenvalue weighted by atomic mass is 10.1. The van der Waals surface area contributed by atoms with Crippen LogP contribution < -0.4 is 10.6 Å². The minimum atomic E-state index is -0.148. The first-order valence-electron chi connectivity index (χ1n) is 6.96. The number of amides is 2. The van der Waals surface area contributed by atoms with Gasteiger partial charge in [-0.2, -0.15) is 0 Å². The Bertz CT molecular complexity index is 291. The maximum atomic E-state index is 11.8. The van der Waals surface area contributed by atoms with Crippen molar-refractivity contribution >= 4 is 11.8 Å². The zero-order chi connectivity index (χ0) is 14.1. The van der Waals surface area contributed by atoms with Crippen molar-refractivity contribution in [1.82, 2.24) is 15.5 Å². The minimum absolute atomic E-state index is 0.0578. The Morgan fingerprint density at radius 1 is 1.37 bits per heavy atom. The fourth-order valence-corrected chi connectivity index (χ4v) is 1.89. The van der Waals surface area contributed by atoms with Gasteiger partial charge in [-0.25, -0.2) is 0 Å². The molecule has 0 atom stereocenters. The van der Waals surface area contributed by atoms with Gasteiger partial charge in [-0.05, 0) is 32.4 Å². The van der Waals surface area contributed by atoms with Crippen LogP contribution in [-0.4, -0.2) is 62.7 Å². The molecule has 0 spiro atoms. The molecule has 1 rings (SSSR count). The second-order valence-corrected chi connectivity index (χ2v) is 4.86. The topological polar surface area (TPSA) is 70.7 Å². The van der Waals surface area contributed by atoms with Gasteiger partial charge in [-0.1, -0.05) is 6.92 Å². The lowest BCUT2D eigenvalue weighted by Crippen LogP contribution is -2.41. The molecule has 110 valence electrons. The molecule has 1 heterocycles. The van der Waals surface area contributed by atoms with Crippen molar-refractivity contribution in [2.45, 2.75) is 32.3 Å². The van der Waals surface area contributed by atoms with Crippen molar-refractivity contribution in [3.63, 3.8) is 0 Å². The first kappa shape index (κ1) is 15.9. The van der Waals surface area contributed by atoms with E-state index < -0.39 is 0 Å². The SMILES string of the molecule is CCCNC(=O)CN(C)C(=O)COC1CCNCC1. The zero-order valence-corrected chi connectivity index (χ0v) is 11.9. The van der Waals surface area contributed by atoms with Gasteiger partial charge < -0.3 is 20.3 Å². The Labute approximate surface area is 114 Å². The Morgan fingerprint density at radius 2 is 2.05 bits per heavy atom. The van der Waals surface area contributed by atoms with E-state index in [2.05, 4.69) is 10.6 Å². The molecule has 1 fully saturated rings. The molecule has 1 aliphatic rings. The average Bonchev–Trinajstić information content (AvgIpc) is 2.43. The van der Waals surface area contributed by atoms with Crippen molar-refractivity contribution in [3.05, 3.63) is 0 Å². The molecular formula is C13H25N3O3. The number of piperidine rings is 1. The van der Waals surface area contributed by atoms with Crippen LogP contribution in [0.25, 0.3) is 0 Å². The summed E-state index contributed by atoms with van der Waals surface area (Å²) in [4.78, 5) is 24.7. The average molecular weight is 271 g/mol. The van der Waals surface area contributed by atoms with Gasteiger partial charge in [0.1, 0.15) is 6.61 Å². The lowest BCUT2D eigenvalue weighted by molar-refractivity contribution is -0.140. The van der Waals surface area contributed by atoms with Crippen LogP contribution >= 0.6 is 0 Å². The van der Waals surface area contributed by atoms with Gasteiger partial charge in [0, 0.05) is 13.6 Å². The van der Waals surface area contributed by atoms with Crippen molar-refractivity contribution in [2.75, 3.05) is 39.8 Å². The van der Waals surface area contributed by atoms with E-state index in [1.807, 2.05) is 6.92 Å². The first-order chi connectivity index (χ1) is 9.13. The van der Waals surface area contributed by atoms with Crippen LogP contribution in [-0.2, 0) is 14.3 Å². The predicted molar refractivity (Wildman–Crippen MR) is 72.8 cm³/mol. The molecule has 0 saturated carbocycles. The highest BCUT2D eigenvalue weighted by atomic mass is 16.5. The highest BCUT2D eigenvalue weighted by Crippen LogP contribution is 2.07. The van der Waals surface area contributed by atoms with Crippen LogP contribution in [0.2, 0.25) is 0 Å². The number of rotatable bonds is 7. The maximum absolute atomic E-state index is 11.8. The summed E-state index contributed by atoms with van der Waals surface area (Å²) in [6.45, 7) is 4.66. The number of carbonyl (C=O) groups is 2. The van der Waals surface area contributed by atoms with Gasteiger partial charge in [-0.15, -0.1) is 0 Å². The van der Waals surface area contributed by atoms with E-state index in [1.165, 1.54) is 4.90 Å². The predicted octanol–water partition coefficient (Wildman–Crippen LogP) is -0.260. The van der Waals surface area contributed by atoms with Crippen LogP contribution in [0, 0.1) is 0 Å². The highest BCUT2D eigenvalue weighted by Gasteiger charge is 2.17. The summed E-state index contributed by atoms with van der Waals surface area (Å²) >= 11 is 0. The van der Waals surface area contributed by atoms with Gasteiger partial charge in [-0.3, -0.25) is 9.59 Å². The van der Waals surface area contributed by atoms with Gasteiger partial charge in [0.15, 0.2) is 0 Å². The van der Waals surface area contributed by atoms with E-state index in [9.17, 15) is 9.59 Å². The number of hydrogen-bond donors (Lipinski definition) is 2. The standard InChI is InChI=1S/C13H25N3O3/c1-3-6-15-12(17)9-16(2)13(18)10-19-11-4-7-14-8-5-11/h11,14H,3-10H2,1-2H3,(H,15,17). The Hall–Kier alpha value is -1.14. The molecule has 6 nitrogen and oxygen atoms in total. The number of hydrogen-bond acceptors (Lipinski definition) is 4. The molecule has 2 N–H and O–H groups in total. The molecule has 0 aliphatic carbocycles. The lowest BCUT2D eigenvalue weighted by Gasteiger charge is -2.24. The normalized spacial score (nSPS) is 16.1. The summed E-state index contributed by atoms with van der Waals surface area (Å²) in [6.07, 6.45) is 2.93. The van der Waals surface area contributed by atoms with E-state index in [-0.39, 0.29) is 31.1 Å². The molecule has 0 aromatic rings. The van der Waals surface area contributed by atoms with Crippen LogP contribution in [0.4, 0.5) is 0 Å². The third-order valence-corrected chi connectivity index (χ3v) is 3.11. The van der Waals surface area contributed by atoms with Crippen molar-refractivity contribution in [3.8, 4) is 0 Å². The summed E-state index contributed by atoms with van der Waals surface area (Å²) < 4.78 is 5.57. The highest BCUT2D eigenvalue weighted by molar-refractivity contribution is 5.85. The molecule has 0 radical (unpaired) electrons. The largest absolute Gasteiger partial charge is 0.368 e. The molecule has 2 amide bonds. The Morgan fingerprint density at radius 3 is 2.68 bits per heavy atom. The van der Waals surface area contributed by atoms with Crippen molar-refractivity contribution in [2.24, 2.45) is 0 Å². The minimum Gasteiger partial charge on any atom is -0.368 e. The van der Waals surface area contributed by atoms with Gasteiger partial charge >= 0.3 is 0 Å². The molecule has 0 aromatic carbocycles. The third kappa shape index (κ3) is 6.54. The zero-order valence-electron chi connectivity index (χ0n) is 11.9. The van der Waals surface area contributed by atoms with Crippen molar-refractivity contribution in [1.29, 1.82) is 0 Å². The molecule has 0 bridgehead atoms. The van der Waals surface area contributed by atoms with Crippen LogP contribution in [0.5, 0.6) is 0 Å². The monoisotopic (exact) mass is 271 g/mol. The van der Waals surface area contributed by atoms with Crippen molar-refractivity contribution < 1.29 is 14.3 Å². The summed E-state index contributed by atoms with van der Waals surface area (Å²) in [5.74, 6) is -0.273. The summed E-state index contributed by atoms with van der Waals surface area (Å²) in [7, 11) is 1.62. The number of carbonyl (C=O) groups excluding carboxylic acids is 2. The Balaban J connectivity index is 2.18. The maximum Gasteiger partial charge on any atom is 0.248 e. The number of nitrogens with one attached hydrogen (secondary N) is 2. The van der Waals surface area contributed by atoms with E-state index >= 15 is 0 Å². The third-order valence-electron chi connectivity index (χ3n) is 3.11. The molecule has 1 aliphatic heterocycles. The molecule has 0 aromatic heterocycles. The molecular weight excluding hydrogens is 246 g/mol. The molecule has 19 heavy (non-hydrogen) atoms. The Kier molecular flexibility index (Phi) is 7.43. The summed E-state index contributed by atoms with van der Waals surface area (Å²) in [5.41, 5.74) is 0. The fraction of sp³-hybridized carbons (Fsp3) is 0.846. The summed E-state index contributed by atoms with van der Waals surface area (Å²) in [6, 6.07) is 0. The molecule has 1 saturated heterocycles. The number of nitrogens with zero attached hydrogens (tertiary/aromatic N) is 1. The van der Waals surface area contributed by atoms with E-state index in [0.29, 0.717) is 6.54 Å². The van der Waals surface area contributed by atoms with E-state index in [0.717, 1.165) is 32.4 Å². The fourth-order valence-electron chi connectivity index (χ4n) is 1.89. The molecule has 0 unspecified atom stereocenters. The smallest absolute Gasteiger partial charge is 0.248 e. The van der Waals surface area contributed by atoms with Crippen LogP contribution in [0.15, 0.2) is 0 Å². The number of likely N-dealkylation sites (N-methyl/N-ethyl adjacent to an activating group) is 1. The van der Waals surface area contributed by atoms with Crippen LogP contribution in [0.3, 0.4) is 0 Å². The van der Waals surface area contributed by atoms with Gasteiger partial charge in [0.2, 0.25) is 11.8 Å². The van der Waals surface area contributed by atoms with E-state index in [4.69, 9.17) is 4.74 Å². The molecule has 6 heteroatoms. The number of ether oxygens (including phenoxy) is 1. The van der Waals surface area contributed by atoms with E-state index in [1.54, 1.807) is 7.05 Å².